The van der Waals surface area contributed by atoms with Gasteiger partial charge in [-0.15, -0.1) is 0 Å². The Hall–Kier alpha value is -0.910. The molecule has 0 aliphatic heterocycles. The maximum Gasteiger partial charge on any atom is 0.137 e. The predicted octanol–water partition coefficient (Wildman–Crippen LogP) is 4.70. The van der Waals surface area contributed by atoms with E-state index >= 15 is 0 Å². The van der Waals surface area contributed by atoms with Crippen LogP contribution in [0.5, 0.6) is 5.75 Å². The largest absolute Gasteiger partial charge is 0.492 e. The zero-order valence-corrected chi connectivity index (χ0v) is 15.2. The fraction of sp³-hybridized carbons (Fsp3) is 0.312. The van der Waals surface area contributed by atoms with Crippen molar-refractivity contribution in [3.05, 3.63) is 56.7 Å². The molecule has 1 heterocycles. The van der Waals surface area contributed by atoms with E-state index in [4.69, 9.17) is 4.74 Å². The molecule has 1 atom stereocenters. The summed E-state index contributed by atoms with van der Waals surface area (Å²) in [5.74, 6) is 0.808. The van der Waals surface area contributed by atoms with Crippen molar-refractivity contribution in [3.8, 4) is 5.75 Å². The summed E-state index contributed by atoms with van der Waals surface area (Å²) in [6.07, 6.45) is 4.61. The second-order valence-electron chi connectivity index (χ2n) is 4.69. The Morgan fingerprint density at radius 2 is 2.05 bits per heavy atom. The van der Waals surface area contributed by atoms with Crippen molar-refractivity contribution in [2.24, 2.45) is 0 Å². The Bertz CT molecular complexity index is 605. The Morgan fingerprint density at radius 1 is 1.24 bits per heavy atom. The summed E-state index contributed by atoms with van der Waals surface area (Å²) in [4.78, 5) is 4.29. The molecule has 1 unspecified atom stereocenters. The molecule has 0 bridgehead atoms. The van der Waals surface area contributed by atoms with Gasteiger partial charge in [0.05, 0.1) is 18.8 Å². The highest BCUT2D eigenvalue weighted by molar-refractivity contribution is 9.11. The molecule has 0 aliphatic carbocycles. The lowest BCUT2D eigenvalue weighted by Gasteiger charge is -2.19. The minimum Gasteiger partial charge on any atom is -0.492 e. The molecule has 0 aliphatic rings. The van der Waals surface area contributed by atoms with Crippen LogP contribution in [-0.2, 0) is 0 Å². The molecule has 2 rings (SSSR count). The van der Waals surface area contributed by atoms with Crippen molar-refractivity contribution in [3.63, 3.8) is 0 Å². The van der Waals surface area contributed by atoms with E-state index in [-0.39, 0.29) is 6.04 Å². The first-order valence-electron chi connectivity index (χ1n) is 6.85. The summed E-state index contributed by atoms with van der Waals surface area (Å²) in [7, 11) is 1.94. The summed E-state index contributed by atoms with van der Waals surface area (Å²) in [6.45, 7) is 2.80. The summed E-state index contributed by atoms with van der Waals surface area (Å²) in [6, 6.07) is 8.28. The third kappa shape index (κ3) is 4.28. The molecular formula is C16H18Br2N2O. The van der Waals surface area contributed by atoms with E-state index < -0.39 is 0 Å². The molecule has 0 saturated carbocycles. The van der Waals surface area contributed by atoms with Gasteiger partial charge in [0, 0.05) is 15.1 Å². The maximum absolute atomic E-state index is 5.67. The highest BCUT2D eigenvalue weighted by atomic mass is 79.9. The van der Waals surface area contributed by atoms with Crippen LogP contribution in [0.2, 0.25) is 0 Å². The van der Waals surface area contributed by atoms with Gasteiger partial charge in [-0.2, -0.15) is 0 Å². The molecular weight excluding hydrogens is 396 g/mol. The standard InChI is InChI=1S/C16H18Br2N2O/c1-3-6-21-13-7-11(9-20-10-13)16(19-2)14-5-4-12(17)8-15(14)18/h4-5,7-10,16,19H,3,6H2,1-2H3. The third-order valence-electron chi connectivity index (χ3n) is 3.10. The quantitative estimate of drug-likeness (QED) is 0.744. The third-order valence-corrected chi connectivity index (χ3v) is 4.28. The fourth-order valence-electron chi connectivity index (χ4n) is 2.13. The average Bonchev–Trinajstić information content (AvgIpc) is 2.48. The number of nitrogens with zero attached hydrogens (tertiary/aromatic N) is 1. The molecule has 0 amide bonds. The zero-order valence-electron chi connectivity index (χ0n) is 12.1. The molecule has 21 heavy (non-hydrogen) atoms. The maximum atomic E-state index is 5.67. The molecule has 2 aromatic rings. The summed E-state index contributed by atoms with van der Waals surface area (Å²) in [5, 5.41) is 3.34. The van der Waals surface area contributed by atoms with Gasteiger partial charge in [0.1, 0.15) is 5.75 Å². The molecule has 0 radical (unpaired) electrons. The molecule has 1 aromatic carbocycles. The van der Waals surface area contributed by atoms with E-state index in [9.17, 15) is 0 Å². The number of pyridine rings is 1. The van der Waals surface area contributed by atoms with E-state index in [2.05, 4.69) is 55.2 Å². The monoisotopic (exact) mass is 412 g/mol. The van der Waals surface area contributed by atoms with Gasteiger partial charge in [-0.1, -0.05) is 44.8 Å². The van der Waals surface area contributed by atoms with Gasteiger partial charge in [0.2, 0.25) is 0 Å². The van der Waals surface area contributed by atoms with Crippen molar-refractivity contribution in [1.29, 1.82) is 0 Å². The Labute approximate surface area is 142 Å². The number of ether oxygens (including phenoxy) is 1. The Morgan fingerprint density at radius 3 is 2.71 bits per heavy atom. The smallest absolute Gasteiger partial charge is 0.137 e. The van der Waals surface area contributed by atoms with Crippen LogP contribution in [0.3, 0.4) is 0 Å². The number of hydrogen-bond donors (Lipinski definition) is 1. The Balaban J connectivity index is 2.32. The summed E-state index contributed by atoms with van der Waals surface area (Å²) < 4.78 is 7.77. The SMILES string of the molecule is CCCOc1cncc(C(NC)c2ccc(Br)cc2Br)c1. The fourth-order valence-corrected chi connectivity index (χ4v) is 3.41. The highest BCUT2D eigenvalue weighted by Crippen LogP contribution is 2.31. The number of nitrogens with one attached hydrogen (secondary N) is 1. The molecule has 1 aromatic heterocycles. The second kappa shape index (κ2) is 7.92. The highest BCUT2D eigenvalue weighted by Gasteiger charge is 2.16. The van der Waals surface area contributed by atoms with Crippen LogP contribution in [0.1, 0.15) is 30.5 Å². The lowest BCUT2D eigenvalue weighted by molar-refractivity contribution is 0.315. The van der Waals surface area contributed by atoms with E-state index in [0.29, 0.717) is 6.61 Å². The lowest BCUT2D eigenvalue weighted by atomic mass is 10.0. The molecule has 0 saturated heterocycles. The van der Waals surface area contributed by atoms with Crippen molar-refractivity contribution >= 4 is 31.9 Å². The topological polar surface area (TPSA) is 34.1 Å². The van der Waals surface area contributed by atoms with Crippen LogP contribution in [0.25, 0.3) is 0 Å². The van der Waals surface area contributed by atoms with Crippen LogP contribution in [0.4, 0.5) is 0 Å². The molecule has 0 fully saturated rings. The minimum absolute atomic E-state index is 0.0603. The number of aromatic nitrogens is 1. The van der Waals surface area contributed by atoms with Gasteiger partial charge < -0.3 is 10.1 Å². The van der Waals surface area contributed by atoms with E-state index in [0.717, 1.165) is 32.2 Å². The second-order valence-corrected chi connectivity index (χ2v) is 6.46. The lowest BCUT2D eigenvalue weighted by Crippen LogP contribution is -2.18. The molecule has 5 heteroatoms. The van der Waals surface area contributed by atoms with Crippen LogP contribution < -0.4 is 10.1 Å². The van der Waals surface area contributed by atoms with Crippen molar-refractivity contribution in [1.82, 2.24) is 10.3 Å². The van der Waals surface area contributed by atoms with Gasteiger partial charge >= 0.3 is 0 Å². The van der Waals surface area contributed by atoms with E-state index in [1.807, 2.05) is 31.4 Å². The summed E-state index contributed by atoms with van der Waals surface area (Å²) in [5.41, 5.74) is 2.24. The number of rotatable bonds is 6. The van der Waals surface area contributed by atoms with Gasteiger partial charge in [0.15, 0.2) is 0 Å². The summed E-state index contributed by atoms with van der Waals surface area (Å²) >= 11 is 7.11. The van der Waals surface area contributed by atoms with Crippen LogP contribution in [0, 0.1) is 0 Å². The molecule has 1 N–H and O–H groups in total. The molecule has 3 nitrogen and oxygen atoms in total. The van der Waals surface area contributed by atoms with Crippen molar-refractivity contribution < 1.29 is 4.74 Å². The first-order valence-corrected chi connectivity index (χ1v) is 8.44. The van der Waals surface area contributed by atoms with Gasteiger partial charge in [-0.25, -0.2) is 0 Å². The van der Waals surface area contributed by atoms with Crippen molar-refractivity contribution in [2.75, 3.05) is 13.7 Å². The van der Waals surface area contributed by atoms with Crippen molar-refractivity contribution in [2.45, 2.75) is 19.4 Å². The van der Waals surface area contributed by atoms with Crippen LogP contribution >= 0.6 is 31.9 Å². The first-order chi connectivity index (χ1) is 10.2. The normalized spacial score (nSPS) is 12.2. The minimum atomic E-state index is 0.0603. The molecule has 0 spiro atoms. The van der Waals surface area contributed by atoms with Crippen LogP contribution in [0.15, 0.2) is 45.6 Å². The first kappa shape index (κ1) is 16.5. The Kier molecular flexibility index (Phi) is 6.21. The molecule has 112 valence electrons. The van der Waals surface area contributed by atoms with E-state index in [1.165, 1.54) is 0 Å². The number of hydrogen-bond acceptors (Lipinski definition) is 3. The number of benzene rings is 1. The zero-order chi connectivity index (χ0) is 15.2. The van der Waals surface area contributed by atoms with Crippen LogP contribution in [-0.4, -0.2) is 18.6 Å². The van der Waals surface area contributed by atoms with E-state index in [1.54, 1.807) is 6.20 Å². The average molecular weight is 414 g/mol. The van der Waals surface area contributed by atoms with Gasteiger partial charge in [-0.05, 0) is 42.8 Å². The predicted molar refractivity (Wildman–Crippen MR) is 92.8 cm³/mol. The van der Waals surface area contributed by atoms with Gasteiger partial charge in [0.25, 0.3) is 0 Å². The van der Waals surface area contributed by atoms with Gasteiger partial charge in [-0.3, -0.25) is 4.98 Å². The number of halogens is 2.